The minimum absolute atomic E-state index is 0.0501. The molecule has 0 aromatic rings. The lowest BCUT2D eigenvalue weighted by Gasteiger charge is -2.20. The van der Waals surface area contributed by atoms with Crippen molar-refractivity contribution in [2.75, 3.05) is 19.8 Å². The minimum Gasteiger partial charge on any atom is -0.480 e. The number of hydrogen-bond acceptors (Lipinski definition) is 10. The zero-order valence-electron chi connectivity index (χ0n) is 35.0. The van der Waals surface area contributed by atoms with Crippen LogP contribution in [0.1, 0.15) is 162 Å². The standard InChI is InChI=1S/C44H76NO11P/c1-3-5-7-9-11-12-13-14-15-16-17-18-22-26-30-34-42(47)53-36-40(37-54-57(51,52)55-38-41(45)44(49)50)56-43(48)35-31-27-23-20-19-21-25-29-33-39(46)32-28-24-10-8-6-4-2/h6,8,20-21,23-25,28-29,33,39-41,46H,3-5,7,9-19,22,26-27,30-32,34-38,45H2,1-2H3,(H,49,50)(H,51,52)/b8-6-,23-20-,25-21-,28-24-,33-29+/t39?,40-,41+/m1/s1. The van der Waals surface area contributed by atoms with Crippen molar-refractivity contribution in [3.05, 3.63) is 60.8 Å². The number of unbranched alkanes of at least 4 members (excludes halogenated alkanes) is 15. The molecule has 0 aliphatic carbocycles. The number of phosphoric ester groups is 1. The van der Waals surface area contributed by atoms with E-state index in [-0.39, 0.29) is 19.4 Å². The van der Waals surface area contributed by atoms with Crippen molar-refractivity contribution in [1.82, 2.24) is 0 Å². The normalized spacial score (nSPS) is 14.9. The topological polar surface area (TPSA) is 192 Å². The monoisotopic (exact) mass is 826 g/mol. The largest absolute Gasteiger partial charge is 0.480 e. The van der Waals surface area contributed by atoms with E-state index in [1.807, 2.05) is 42.5 Å². The molecular formula is C44H76NO11P. The molecule has 0 spiro atoms. The number of carbonyl (C=O) groups excluding carboxylic acids is 2. The number of aliphatic hydroxyl groups is 1. The molecule has 0 saturated heterocycles. The fourth-order valence-corrected chi connectivity index (χ4v) is 6.26. The van der Waals surface area contributed by atoms with Gasteiger partial charge in [0.25, 0.3) is 0 Å². The molecule has 0 bridgehead atoms. The first-order valence-corrected chi connectivity index (χ1v) is 22.9. The molecule has 13 heteroatoms. The average molecular weight is 826 g/mol. The number of ether oxygens (including phenoxy) is 2. The van der Waals surface area contributed by atoms with Gasteiger partial charge in [0.05, 0.1) is 19.3 Å². The number of esters is 2. The Balaban J connectivity index is 4.54. The number of hydrogen-bond donors (Lipinski definition) is 4. The fraction of sp³-hybridized carbons (Fsp3) is 0.705. The Morgan fingerprint density at radius 1 is 0.649 bits per heavy atom. The SMILES string of the molecule is CC/C=C\C/C=C\CC(O)/C=C/C=C\C/C=C\CCCC(=O)O[C@H](COC(=O)CCCCCCCCCCCCCCCCC)COP(=O)(O)OC[C@H](N)C(=O)O. The van der Waals surface area contributed by atoms with Crippen LogP contribution in [0.2, 0.25) is 0 Å². The van der Waals surface area contributed by atoms with E-state index in [0.29, 0.717) is 32.1 Å². The van der Waals surface area contributed by atoms with Gasteiger partial charge in [0.1, 0.15) is 12.6 Å². The molecule has 0 heterocycles. The lowest BCUT2D eigenvalue weighted by Crippen LogP contribution is -2.34. The summed E-state index contributed by atoms with van der Waals surface area (Å²) in [6, 6.07) is -1.54. The van der Waals surface area contributed by atoms with E-state index in [4.69, 9.17) is 24.8 Å². The molecule has 0 saturated carbocycles. The molecule has 0 aliphatic rings. The summed E-state index contributed by atoms with van der Waals surface area (Å²) in [7, 11) is -4.75. The van der Waals surface area contributed by atoms with Crippen LogP contribution in [0.3, 0.4) is 0 Å². The highest BCUT2D eigenvalue weighted by molar-refractivity contribution is 7.47. The summed E-state index contributed by atoms with van der Waals surface area (Å²) in [4.78, 5) is 45.9. The second kappa shape index (κ2) is 38.6. The Kier molecular flexibility index (Phi) is 36.7. The third-order valence-electron chi connectivity index (χ3n) is 8.86. The van der Waals surface area contributed by atoms with Gasteiger partial charge in [-0.3, -0.25) is 23.4 Å². The van der Waals surface area contributed by atoms with Crippen LogP contribution in [0, 0.1) is 0 Å². The summed E-state index contributed by atoms with van der Waals surface area (Å²) in [5.74, 6) is -2.50. The van der Waals surface area contributed by atoms with Crippen LogP contribution in [0.25, 0.3) is 0 Å². The lowest BCUT2D eigenvalue weighted by molar-refractivity contribution is -0.161. The predicted molar refractivity (Wildman–Crippen MR) is 227 cm³/mol. The number of carboxylic acids is 1. The Labute approximate surface area is 343 Å². The first-order chi connectivity index (χ1) is 27.5. The second-order valence-corrected chi connectivity index (χ2v) is 15.8. The third-order valence-corrected chi connectivity index (χ3v) is 9.81. The number of aliphatic carboxylic acids is 1. The summed E-state index contributed by atoms with van der Waals surface area (Å²) in [5, 5.41) is 18.9. The van der Waals surface area contributed by atoms with Gasteiger partial charge >= 0.3 is 25.7 Å². The quantitative estimate of drug-likeness (QED) is 0.0151. The van der Waals surface area contributed by atoms with E-state index >= 15 is 0 Å². The van der Waals surface area contributed by atoms with Gasteiger partial charge < -0.3 is 30.3 Å². The van der Waals surface area contributed by atoms with Crippen LogP contribution in [0.15, 0.2) is 60.8 Å². The number of carboxylic acid groups (broad SMARTS) is 1. The summed E-state index contributed by atoms with van der Waals surface area (Å²) in [6.45, 7) is 2.54. The lowest BCUT2D eigenvalue weighted by atomic mass is 10.0. The highest BCUT2D eigenvalue weighted by atomic mass is 31.2. The number of nitrogens with two attached hydrogens (primary N) is 1. The first kappa shape index (κ1) is 54.1. The fourth-order valence-electron chi connectivity index (χ4n) is 5.48. The van der Waals surface area contributed by atoms with Crippen molar-refractivity contribution < 1.29 is 52.6 Å². The molecule has 0 radical (unpaired) electrons. The van der Waals surface area contributed by atoms with E-state index in [9.17, 15) is 28.9 Å². The Hall–Kier alpha value is -2.86. The molecule has 0 aromatic heterocycles. The molecule has 2 unspecified atom stereocenters. The van der Waals surface area contributed by atoms with Gasteiger partial charge in [0, 0.05) is 12.8 Å². The summed E-state index contributed by atoms with van der Waals surface area (Å²) < 4.78 is 32.6. The van der Waals surface area contributed by atoms with Crippen molar-refractivity contribution in [2.24, 2.45) is 5.73 Å². The molecule has 57 heavy (non-hydrogen) atoms. The number of allylic oxidation sites excluding steroid dienone is 8. The van der Waals surface area contributed by atoms with Crippen molar-refractivity contribution in [2.45, 2.75) is 180 Å². The summed E-state index contributed by atoms with van der Waals surface area (Å²) >= 11 is 0. The van der Waals surface area contributed by atoms with Crippen LogP contribution in [0.5, 0.6) is 0 Å². The number of phosphoric acid groups is 1. The molecular weight excluding hydrogens is 749 g/mol. The molecule has 328 valence electrons. The molecule has 4 atom stereocenters. The summed E-state index contributed by atoms with van der Waals surface area (Å²) in [6.07, 6.45) is 40.4. The number of aliphatic hydroxyl groups excluding tert-OH is 1. The van der Waals surface area contributed by atoms with Gasteiger partial charge in [0.2, 0.25) is 0 Å². The van der Waals surface area contributed by atoms with Crippen LogP contribution < -0.4 is 5.73 Å². The Morgan fingerprint density at radius 3 is 1.81 bits per heavy atom. The van der Waals surface area contributed by atoms with E-state index in [1.54, 1.807) is 6.08 Å². The maximum absolute atomic E-state index is 12.6. The zero-order chi connectivity index (χ0) is 42.2. The van der Waals surface area contributed by atoms with Gasteiger partial charge in [-0.15, -0.1) is 0 Å². The molecule has 0 rings (SSSR count). The van der Waals surface area contributed by atoms with E-state index < -0.39 is 57.2 Å². The van der Waals surface area contributed by atoms with Crippen molar-refractivity contribution in [3.8, 4) is 0 Å². The van der Waals surface area contributed by atoms with Crippen LogP contribution >= 0.6 is 7.82 Å². The van der Waals surface area contributed by atoms with Crippen LogP contribution in [-0.4, -0.2) is 71.1 Å². The van der Waals surface area contributed by atoms with Crippen LogP contribution in [-0.2, 0) is 37.5 Å². The van der Waals surface area contributed by atoms with E-state index in [1.165, 1.54) is 70.6 Å². The van der Waals surface area contributed by atoms with Gasteiger partial charge in [-0.2, -0.15) is 0 Å². The minimum atomic E-state index is -4.75. The predicted octanol–water partition coefficient (Wildman–Crippen LogP) is 10.1. The maximum atomic E-state index is 12.6. The van der Waals surface area contributed by atoms with Gasteiger partial charge in [0.15, 0.2) is 6.10 Å². The maximum Gasteiger partial charge on any atom is 0.472 e. The average Bonchev–Trinajstić information content (AvgIpc) is 3.18. The Morgan fingerprint density at radius 2 is 1.19 bits per heavy atom. The van der Waals surface area contributed by atoms with Crippen molar-refractivity contribution in [1.29, 1.82) is 0 Å². The van der Waals surface area contributed by atoms with E-state index in [0.717, 1.165) is 32.1 Å². The van der Waals surface area contributed by atoms with Crippen molar-refractivity contribution >= 4 is 25.7 Å². The third kappa shape index (κ3) is 38.4. The number of carbonyl (C=O) groups is 3. The molecule has 0 fully saturated rings. The second-order valence-electron chi connectivity index (χ2n) is 14.3. The summed E-state index contributed by atoms with van der Waals surface area (Å²) in [5.41, 5.74) is 5.32. The zero-order valence-corrected chi connectivity index (χ0v) is 35.9. The Bertz CT molecular complexity index is 1220. The van der Waals surface area contributed by atoms with Gasteiger partial charge in [-0.1, -0.05) is 164 Å². The van der Waals surface area contributed by atoms with Crippen LogP contribution in [0.4, 0.5) is 0 Å². The molecule has 0 aliphatic heterocycles. The number of rotatable bonds is 39. The smallest absolute Gasteiger partial charge is 0.472 e. The molecule has 12 nitrogen and oxygen atoms in total. The highest BCUT2D eigenvalue weighted by Crippen LogP contribution is 2.43. The van der Waals surface area contributed by atoms with Gasteiger partial charge in [-0.05, 0) is 44.9 Å². The first-order valence-electron chi connectivity index (χ1n) is 21.4. The van der Waals surface area contributed by atoms with Gasteiger partial charge in [-0.25, -0.2) is 4.57 Å². The molecule has 0 aromatic carbocycles. The van der Waals surface area contributed by atoms with E-state index in [2.05, 4.69) is 30.5 Å². The highest BCUT2D eigenvalue weighted by Gasteiger charge is 2.28. The molecule has 5 N–H and O–H groups in total. The van der Waals surface area contributed by atoms with Crippen molar-refractivity contribution in [3.63, 3.8) is 0 Å². The molecule has 0 amide bonds.